The fraction of sp³-hybridized carbons (Fsp3) is 0.364. The van der Waals surface area contributed by atoms with E-state index in [1.54, 1.807) is 0 Å². The van der Waals surface area contributed by atoms with E-state index >= 15 is 8.78 Å². The minimum absolute atomic E-state index is 0.0912. The van der Waals surface area contributed by atoms with Crippen molar-refractivity contribution in [2.45, 2.75) is 49.8 Å². The van der Waals surface area contributed by atoms with Crippen LogP contribution in [0.4, 0.5) is 23.2 Å². The Morgan fingerprint density at radius 1 is 1.03 bits per heavy atom. The fourth-order valence-corrected chi connectivity index (χ4v) is 4.82. The number of hydrogen-bond donors (Lipinski definition) is 2. The lowest BCUT2D eigenvalue weighted by molar-refractivity contribution is -0.166. The summed E-state index contributed by atoms with van der Waals surface area (Å²) in [5.74, 6) is -8.41. The lowest BCUT2D eigenvalue weighted by Gasteiger charge is -2.39. The molecule has 3 atom stereocenters. The predicted octanol–water partition coefficient (Wildman–Crippen LogP) is 4.59. The van der Waals surface area contributed by atoms with Crippen molar-refractivity contribution in [1.29, 1.82) is 0 Å². The molecule has 2 bridgehead atoms. The van der Waals surface area contributed by atoms with Crippen LogP contribution in [-0.2, 0) is 10.7 Å². The summed E-state index contributed by atoms with van der Waals surface area (Å²) in [6, 6.07) is 5.02. The molecule has 2 aliphatic rings. The van der Waals surface area contributed by atoms with Gasteiger partial charge in [-0.2, -0.15) is 8.78 Å². The summed E-state index contributed by atoms with van der Waals surface area (Å²) in [6.45, 7) is 0. The van der Waals surface area contributed by atoms with E-state index < -0.39 is 53.1 Å². The molecular weight excluding hydrogens is 496 g/mol. The molecule has 0 unspecified atom stereocenters. The first-order valence-electron chi connectivity index (χ1n) is 10.0. The molecule has 32 heavy (non-hydrogen) atoms. The van der Waals surface area contributed by atoms with Gasteiger partial charge in [-0.05, 0) is 78.0 Å². The number of hydrogen-bond acceptors (Lipinski definition) is 3. The van der Waals surface area contributed by atoms with Crippen LogP contribution in [0.15, 0.2) is 40.9 Å². The van der Waals surface area contributed by atoms with Crippen molar-refractivity contribution in [3.8, 4) is 0 Å². The third kappa shape index (κ3) is 4.13. The third-order valence-electron chi connectivity index (χ3n) is 5.96. The van der Waals surface area contributed by atoms with Crippen molar-refractivity contribution in [2.75, 3.05) is 5.32 Å². The molecule has 2 heterocycles. The number of carbonyl (C=O) groups is 2. The van der Waals surface area contributed by atoms with E-state index in [1.165, 1.54) is 12.1 Å². The Morgan fingerprint density at radius 2 is 1.66 bits per heavy atom. The number of nitrogens with one attached hydrogen (secondary N) is 1. The molecule has 10 heteroatoms. The maximum Gasteiger partial charge on any atom is 0.352 e. The minimum Gasteiger partial charge on any atom is -0.393 e. The molecule has 2 aromatic carbocycles. The Balaban J connectivity index is 1.59. The zero-order chi connectivity index (χ0) is 23.2. The van der Waals surface area contributed by atoms with Crippen LogP contribution in [0.2, 0.25) is 0 Å². The maximum atomic E-state index is 15.2. The summed E-state index contributed by atoms with van der Waals surface area (Å²) < 4.78 is 58.2. The Hall–Kier alpha value is -2.46. The molecule has 2 aromatic rings. The molecule has 0 spiro atoms. The van der Waals surface area contributed by atoms with Crippen LogP contribution in [0.25, 0.3) is 0 Å². The van der Waals surface area contributed by atoms with Crippen molar-refractivity contribution in [1.82, 2.24) is 4.90 Å². The summed E-state index contributed by atoms with van der Waals surface area (Å²) >= 11 is 2.98. The zero-order valence-electron chi connectivity index (χ0n) is 16.6. The highest BCUT2D eigenvalue weighted by Crippen LogP contribution is 2.41. The number of amides is 2. The van der Waals surface area contributed by atoms with E-state index in [1.807, 2.05) is 0 Å². The standard InChI is InChI=1S/C22H19BrF4N2O3/c23-17-8-12(2-6-19(17)25)28-20(31)11-1-5-18(24)16(7-11)22(26,27)21(32)29-13-3-4-14(29)10-15(30)9-13/h1-2,5-8,13-15,30H,3-4,9-10H2,(H,28,31)/t13-,14+,15-. The van der Waals surface area contributed by atoms with Gasteiger partial charge in [-0.15, -0.1) is 0 Å². The van der Waals surface area contributed by atoms with Crippen LogP contribution in [0.5, 0.6) is 0 Å². The topological polar surface area (TPSA) is 69.6 Å². The van der Waals surface area contributed by atoms with Crippen LogP contribution >= 0.6 is 15.9 Å². The molecule has 0 aromatic heterocycles. The molecular formula is C22H19BrF4N2O3. The predicted molar refractivity (Wildman–Crippen MR) is 111 cm³/mol. The molecule has 2 aliphatic heterocycles. The van der Waals surface area contributed by atoms with Gasteiger partial charge in [-0.25, -0.2) is 8.78 Å². The molecule has 2 saturated heterocycles. The number of aliphatic hydroxyl groups excluding tert-OH is 1. The normalized spacial score (nSPS) is 22.7. The van der Waals surface area contributed by atoms with Gasteiger partial charge in [0.15, 0.2) is 0 Å². The van der Waals surface area contributed by atoms with Gasteiger partial charge < -0.3 is 15.3 Å². The first kappa shape index (κ1) is 22.7. The smallest absolute Gasteiger partial charge is 0.352 e. The highest BCUT2D eigenvalue weighted by Gasteiger charge is 2.53. The van der Waals surface area contributed by atoms with E-state index in [0.717, 1.165) is 17.0 Å². The lowest BCUT2D eigenvalue weighted by Crippen LogP contribution is -2.53. The van der Waals surface area contributed by atoms with Crippen molar-refractivity contribution < 1.29 is 32.3 Å². The number of benzene rings is 2. The SMILES string of the molecule is O=C(Nc1ccc(F)c(Br)c1)c1ccc(F)c(C(F)(F)C(=O)N2[C@@H]3CC[C@H]2C[C@H](O)C3)c1. The molecule has 0 saturated carbocycles. The summed E-state index contributed by atoms with van der Waals surface area (Å²) in [5, 5.41) is 12.3. The number of nitrogens with zero attached hydrogens (tertiary/aromatic N) is 1. The van der Waals surface area contributed by atoms with Crippen LogP contribution in [0.3, 0.4) is 0 Å². The minimum atomic E-state index is -4.19. The number of halogens is 5. The Bertz CT molecular complexity index is 1070. The molecule has 2 amide bonds. The molecule has 0 radical (unpaired) electrons. The number of carbonyl (C=O) groups excluding carboxylic acids is 2. The van der Waals surface area contributed by atoms with Gasteiger partial charge in [0.2, 0.25) is 0 Å². The van der Waals surface area contributed by atoms with Crippen LogP contribution in [0, 0.1) is 11.6 Å². The van der Waals surface area contributed by atoms with E-state index in [-0.39, 0.29) is 28.6 Å². The summed E-state index contributed by atoms with van der Waals surface area (Å²) in [7, 11) is 0. The van der Waals surface area contributed by atoms with Gasteiger partial charge in [0, 0.05) is 23.3 Å². The second kappa shape index (κ2) is 8.47. The number of piperidine rings is 1. The molecule has 2 N–H and O–H groups in total. The highest BCUT2D eigenvalue weighted by atomic mass is 79.9. The van der Waals surface area contributed by atoms with Crippen molar-refractivity contribution >= 4 is 33.4 Å². The first-order chi connectivity index (χ1) is 15.1. The van der Waals surface area contributed by atoms with Crippen LogP contribution in [-0.4, -0.2) is 40.0 Å². The Kier molecular flexibility index (Phi) is 6.02. The van der Waals surface area contributed by atoms with Crippen molar-refractivity contribution in [3.63, 3.8) is 0 Å². The van der Waals surface area contributed by atoms with Gasteiger partial charge in [-0.1, -0.05) is 0 Å². The second-order valence-electron chi connectivity index (χ2n) is 8.07. The zero-order valence-corrected chi connectivity index (χ0v) is 18.2. The molecule has 4 rings (SSSR count). The number of alkyl halides is 2. The molecule has 2 fully saturated rings. The number of aliphatic hydroxyl groups is 1. The van der Waals surface area contributed by atoms with Crippen molar-refractivity contribution in [2.24, 2.45) is 0 Å². The molecule has 0 aliphatic carbocycles. The summed E-state index contributed by atoms with van der Waals surface area (Å²) in [4.78, 5) is 26.3. The Labute approximate surface area is 189 Å². The van der Waals surface area contributed by atoms with E-state index in [4.69, 9.17) is 0 Å². The monoisotopic (exact) mass is 514 g/mol. The molecule has 5 nitrogen and oxygen atoms in total. The van der Waals surface area contributed by atoms with E-state index in [9.17, 15) is 23.5 Å². The average molecular weight is 515 g/mol. The fourth-order valence-electron chi connectivity index (χ4n) is 4.44. The average Bonchev–Trinajstić information content (AvgIpc) is 3.00. The van der Waals surface area contributed by atoms with Gasteiger partial charge in [0.25, 0.3) is 11.8 Å². The van der Waals surface area contributed by atoms with Gasteiger partial charge >= 0.3 is 5.92 Å². The van der Waals surface area contributed by atoms with Gasteiger partial charge in [0.1, 0.15) is 11.6 Å². The Morgan fingerprint density at radius 3 is 2.28 bits per heavy atom. The third-order valence-corrected chi connectivity index (χ3v) is 6.56. The van der Waals surface area contributed by atoms with Crippen LogP contribution < -0.4 is 5.32 Å². The highest BCUT2D eigenvalue weighted by molar-refractivity contribution is 9.10. The number of rotatable bonds is 4. The van der Waals surface area contributed by atoms with Crippen molar-refractivity contribution in [3.05, 3.63) is 63.6 Å². The molecule has 170 valence electrons. The maximum absolute atomic E-state index is 15.2. The first-order valence-corrected chi connectivity index (χ1v) is 10.8. The summed E-state index contributed by atoms with van der Waals surface area (Å²) in [6.07, 6.45) is 0.761. The van der Waals surface area contributed by atoms with E-state index in [0.29, 0.717) is 25.0 Å². The second-order valence-corrected chi connectivity index (χ2v) is 8.93. The quantitative estimate of drug-likeness (QED) is 0.586. The van der Waals surface area contributed by atoms with Gasteiger partial charge in [-0.3, -0.25) is 9.59 Å². The number of fused-ring (bicyclic) bond motifs is 2. The van der Waals surface area contributed by atoms with Gasteiger partial charge in [0.05, 0.1) is 16.1 Å². The summed E-state index contributed by atoms with van der Waals surface area (Å²) in [5.41, 5.74) is -1.28. The number of anilines is 1. The lowest BCUT2D eigenvalue weighted by atomic mass is 9.96. The largest absolute Gasteiger partial charge is 0.393 e. The van der Waals surface area contributed by atoms with E-state index in [2.05, 4.69) is 21.2 Å². The van der Waals surface area contributed by atoms with Crippen LogP contribution in [0.1, 0.15) is 41.6 Å².